The molecule has 0 aromatic heterocycles. The highest BCUT2D eigenvalue weighted by Crippen LogP contribution is 2.28. The van der Waals surface area contributed by atoms with Gasteiger partial charge in [0.25, 0.3) is 0 Å². The smallest absolute Gasteiger partial charge is 0.142 e. The number of hydrogen-bond donors (Lipinski definition) is 1. The van der Waals surface area contributed by atoms with Crippen LogP contribution in [-0.4, -0.2) is 6.61 Å². The second kappa shape index (κ2) is 6.83. The molecule has 0 aliphatic heterocycles. The van der Waals surface area contributed by atoms with Crippen molar-refractivity contribution in [3.63, 3.8) is 0 Å². The Balaban J connectivity index is 2.10. The molecule has 100 valence electrons. The Hall–Kier alpha value is -1.96. The number of rotatable bonds is 6. The summed E-state index contributed by atoms with van der Waals surface area (Å²) in [5.41, 5.74) is 2.32. The maximum Gasteiger partial charge on any atom is 0.142 e. The zero-order valence-electron chi connectivity index (χ0n) is 11.6. The Kier molecular flexibility index (Phi) is 4.85. The Morgan fingerprint density at radius 3 is 2.42 bits per heavy atom. The van der Waals surface area contributed by atoms with Crippen LogP contribution >= 0.6 is 0 Å². The van der Waals surface area contributed by atoms with Gasteiger partial charge in [-0.1, -0.05) is 49.4 Å². The van der Waals surface area contributed by atoms with Crippen LogP contribution in [-0.2, 0) is 0 Å². The monoisotopic (exact) mass is 255 g/mol. The standard InChI is InChI=1S/C17H21NO/c1-3-13-19-17-12-8-7-11-16(17)18-14(2)15-9-5-4-6-10-15/h4-12,14,18H,3,13H2,1-2H3. The first-order valence-corrected chi connectivity index (χ1v) is 6.84. The van der Waals surface area contributed by atoms with Crippen LogP contribution in [0.15, 0.2) is 54.6 Å². The minimum Gasteiger partial charge on any atom is -0.491 e. The van der Waals surface area contributed by atoms with Crippen LogP contribution in [0.3, 0.4) is 0 Å². The first-order valence-electron chi connectivity index (χ1n) is 6.84. The maximum absolute atomic E-state index is 5.76. The van der Waals surface area contributed by atoms with E-state index < -0.39 is 0 Å². The van der Waals surface area contributed by atoms with Crippen LogP contribution in [0.2, 0.25) is 0 Å². The van der Waals surface area contributed by atoms with Crippen molar-refractivity contribution in [3.05, 3.63) is 60.2 Å². The molecule has 0 saturated carbocycles. The lowest BCUT2D eigenvalue weighted by Crippen LogP contribution is -2.08. The molecule has 0 amide bonds. The van der Waals surface area contributed by atoms with Gasteiger partial charge in [0.1, 0.15) is 5.75 Å². The molecule has 0 bridgehead atoms. The van der Waals surface area contributed by atoms with E-state index in [0.29, 0.717) is 0 Å². The summed E-state index contributed by atoms with van der Waals surface area (Å²) < 4.78 is 5.76. The van der Waals surface area contributed by atoms with Gasteiger partial charge in [-0.25, -0.2) is 0 Å². The summed E-state index contributed by atoms with van der Waals surface area (Å²) in [5.74, 6) is 0.923. The Morgan fingerprint density at radius 2 is 1.68 bits per heavy atom. The van der Waals surface area contributed by atoms with Crippen LogP contribution < -0.4 is 10.1 Å². The van der Waals surface area contributed by atoms with Crippen LogP contribution in [0, 0.1) is 0 Å². The number of anilines is 1. The lowest BCUT2D eigenvalue weighted by Gasteiger charge is -2.18. The van der Waals surface area contributed by atoms with Crippen LogP contribution in [0.1, 0.15) is 31.9 Å². The molecule has 2 rings (SSSR count). The summed E-state index contributed by atoms with van der Waals surface area (Å²) >= 11 is 0. The fourth-order valence-corrected chi connectivity index (χ4v) is 1.98. The van der Waals surface area contributed by atoms with Gasteiger partial charge < -0.3 is 10.1 Å². The van der Waals surface area contributed by atoms with Crippen molar-refractivity contribution in [1.82, 2.24) is 0 Å². The molecule has 19 heavy (non-hydrogen) atoms. The highest BCUT2D eigenvalue weighted by Gasteiger charge is 2.08. The van der Waals surface area contributed by atoms with Gasteiger partial charge in [-0.05, 0) is 31.0 Å². The van der Waals surface area contributed by atoms with Crippen LogP contribution in [0.25, 0.3) is 0 Å². The van der Waals surface area contributed by atoms with Crippen molar-refractivity contribution in [1.29, 1.82) is 0 Å². The second-order valence-electron chi connectivity index (χ2n) is 4.62. The van der Waals surface area contributed by atoms with Crippen LogP contribution in [0.5, 0.6) is 5.75 Å². The highest BCUT2D eigenvalue weighted by atomic mass is 16.5. The van der Waals surface area contributed by atoms with Gasteiger partial charge in [-0.15, -0.1) is 0 Å². The fourth-order valence-electron chi connectivity index (χ4n) is 1.98. The summed E-state index contributed by atoms with van der Waals surface area (Å²) in [5, 5.41) is 3.51. The average molecular weight is 255 g/mol. The summed E-state index contributed by atoms with van der Waals surface area (Å²) in [6.07, 6.45) is 1.02. The van der Waals surface area contributed by atoms with E-state index in [1.165, 1.54) is 5.56 Å². The van der Waals surface area contributed by atoms with Gasteiger partial charge in [0, 0.05) is 6.04 Å². The average Bonchev–Trinajstić information content (AvgIpc) is 2.47. The van der Waals surface area contributed by atoms with Crippen LogP contribution in [0.4, 0.5) is 5.69 Å². The lowest BCUT2D eigenvalue weighted by atomic mass is 10.1. The molecule has 1 N–H and O–H groups in total. The highest BCUT2D eigenvalue weighted by molar-refractivity contribution is 5.57. The molecular formula is C17H21NO. The predicted octanol–water partition coefficient (Wildman–Crippen LogP) is 4.65. The summed E-state index contributed by atoms with van der Waals surface area (Å²) in [6.45, 7) is 5.02. The van der Waals surface area contributed by atoms with Crippen molar-refractivity contribution in [3.8, 4) is 5.75 Å². The number of hydrogen-bond acceptors (Lipinski definition) is 2. The molecule has 0 saturated heterocycles. The number of ether oxygens (including phenoxy) is 1. The molecular weight excluding hydrogens is 234 g/mol. The van der Waals surface area contributed by atoms with E-state index in [1.807, 2.05) is 24.3 Å². The largest absolute Gasteiger partial charge is 0.491 e. The van der Waals surface area contributed by atoms with Crippen molar-refractivity contribution >= 4 is 5.69 Å². The Labute approximate surface area is 115 Å². The minimum atomic E-state index is 0.257. The Morgan fingerprint density at radius 1 is 1.00 bits per heavy atom. The molecule has 0 heterocycles. The van der Waals surface area contributed by atoms with Gasteiger partial charge in [-0.3, -0.25) is 0 Å². The SMILES string of the molecule is CCCOc1ccccc1NC(C)c1ccccc1. The van der Waals surface area contributed by atoms with Gasteiger partial charge in [0.2, 0.25) is 0 Å². The first kappa shape index (κ1) is 13.5. The second-order valence-corrected chi connectivity index (χ2v) is 4.62. The third-order valence-corrected chi connectivity index (χ3v) is 3.02. The zero-order valence-corrected chi connectivity index (χ0v) is 11.6. The van der Waals surface area contributed by atoms with E-state index in [4.69, 9.17) is 4.74 Å². The summed E-state index contributed by atoms with van der Waals surface area (Å²) in [4.78, 5) is 0. The summed E-state index contributed by atoms with van der Waals surface area (Å²) in [7, 11) is 0. The number of nitrogens with one attached hydrogen (secondary N) is 1. The molecule has 1 unspecified atom stereocenters. The maximum atomic E-state index is 5.76. The van der Waals surface area contributed by atoms with Gasteiger partial charge >= 0.3 is 0 Å². The third kappa shape index (κ3) is 3.75. The van der Waals surface area contributed by atoms with Crippen molar-refractivity contribution in [2.45, 2.75) is 26.3 Å². The van der Waals surface area contributed by atoms with E-state index in [1.54, 1.807) is 0 Å². The van der Waals surface area contributed by atoms with Gasteiger partial charge in [0.05, 0.1) is 12.3 Å². The van der Waals surface area contributed by atoms with Crippen molar-refractivity contribution in [2.75, 3.05) is 11.9 Å². The molecule has 0 radical (unpaired) electrons. The van der Waals surface area contributed by atoms with E-state index in [0.717, 1.165) is 24.5 Å². The van der Waals surface area contributed by atoms with Gasteiger partial charge in [0.15, 0.2) is 0 Å². The van der Waals surface area contributed by atoms with E-state index in [2.05, 4.69) is 49.5 Å². The zero-order chi connectivity index (χ0) is 13.5. The normalized spacial score (nSPS) is 11.9. The molecule has 1 atom stereocenters. The quantitative estimate of drug-likeness (QED) is 0.811. The van der Waals surface area contributed by atoms with E-state index in [-0.39, 0.29) is 6.04 Å². The van der Waals surface area contributed by atoms with E-state index in [9.17, 15) is 0 Å². The topological polar surface area (TPSA) is 21.3 Å². The molecule has 2 nitrogen and oxygen atoms in total. The molecule has 2 heteroatoms. The predicted molar refractivity (Wildman–Crippen MR) is 80.7 cm³/mol. The molecule has 0 fully saturated rings. The molecule has 0 spiro atoms. The van der Waals surface area contributed by atoms with Crippen molar-refractivity contribution in [2.24, 2.45) is 0 Å². The molecule has 0 aliphatic carbocycles. The number of benzene rings is 2. The molecule has 0 aliphatic rings. The fraction of sp³-hybridized carbons (Fsp3) is 0.294. The number of para-hydroxylation sites is 2. The Bertz CT molecular complexity index is 496. The molecule has 2 aromatic rings. The van der Waals surface area contributed by atoms with Crippen molar-refractivity contribution < 1.29 is 4.74 Å². The first-order chi connectivity index (χ1) is 9.31. The minimum absolute atomic E-state index is 0.257. The lowest BCUT2D eigenvalue weighted by molar-refractivity contribution is 0.318. The third-order valence-electron chi connectivity index (χ3n) is 3.02. The van der Waals surface area contributed by atoms with Gasteiger partial charge in [-0.2, -0.15) is 0 Å². The van der Waals surface area contributed by atoms with E-state index >= 15 is 0 Å². The molecule has 2 aromatic carbocycles. The summed E-state index contributed by atoms with van der Waals surface area (Å²) in [6, 6.07) is 18.8.